The van der Waals surface area contributed by atoms with Gasteiger partial charge in [-0.3, -0.25) is 0 Å². The molecule has 1 N–H and O–H groups in total. The first-order valence-corrected chi connectivity index (χ1v) is 22.8. The van der Waals surface area contributed by atoms with Crippen LogP contribution >= 0.6 is 0 Å². The first-order valence-electron chi connectivity index (χ1n) is 22.8. The Bertz CT molecular complexity index is 4180. The van der Waals surface area contributed by atoms with Crippen molar-refractivity contribution in [2.24, 2.45) is 9.98 Å². The molecule has 10 aromatic carbocycles. The maximum Gasteiger partial charge on any atom is 0.204 e. The van der Waals surface area contributed by atoms with E-state index in [1.807, 2.05) is 36.4 Å². The first-order chi connectivity index (χ1) is 33.2. The van der Waals surface area contributed by atoms with Gasteiger partial charge in [-0.1, -0.05) is 158 Å². The van der Waals surface area contributed by atoms with Crippen LogP contribution in [-0.2, 0) is 0 Å². The minimum absolute atomic E-state index is 0.441. The molecule has 314 valence electrons. The van der Waals surface area contributed by atoms with Gasteiger partial charge in [0.15, 0.2) is 5.84 Å². The third-order valence-corrected chi connectivity index (χ3v) is 13.6. The number of amidine groups is 2. The molecule has 4 heterocycles. The van der Waals surface area contributed by atoms with E-state index in [1.54, 1.807) is 0 Å². The number of fused-ring (bicyclic) bond motifs is 11. The summed E-state index contributed by atoms with van der Waals surface area (Å²) in [7, 11) is 0. The molecule has 0 bridgehead atoms. The Morgan fingerprint density at radius 1 is 0.403 bits per heavy atom. The number of aromatic nitrogens is 2. The molecule has 6 heteroatoms. The number of hydrogen-bond acceptors (Lipinski definition) is 4. The Morgan fingerprint density at radius 3 is 1.88 bits per heavy atom. The van der Waals surface area contributed by atoms with Crippen molar-refractivity contribution >= 4 is 88.0 Å². The van der Waals surface area contributed by atoms with Crippen LogP contribution in [0.5, 0.6) is 0 Å². The van der Waals surface area contributed by atoms with E-state index in [0.717, 1.165) is 88.6 Å². The lowest BCUT2D eigenvalue weighted by atomic mass is 9.96. The average molecular weight is 858 g/mol. The highest BCUT2D eigenvalue weighted by molar-refractivity contribution is 6.22. The van der Waals surface area contributed by atoms with Crippen LogP contribution in [0.25, 0.3) is 104 Å². The van der Waals surface area contributed by atoms with Crippen LogP contribution in [0.4, 0.5) is 0 Å². The molecular formula is C61H39N5O. The van der Waals surface area contributed by atoms with E-state index in [2.05, 4.69) is 203 Å². The number of aliphatic imine (C=N–C) groups is 2. The highest BCUT2D eigenvalue weighted by atomic mass is 16.3. The van der Waals surface area contributed by atoms with Crippen LogP contribution in [0.3, 0.4) is 0 Å². The molecule has 0 saturated carbocycles. The molecular weight excluding hydrogens is 819 g/mol. The molecule has 0 spiro atoms. The third-order valence-electron chi connectivity index (χ3n) is 13.6. The zero-order chi connectivity index (χ0) is 44.0. The maximum atomic E-state index is 6.63. The van der Waals surface area contributed by atoms with Crippen molar-refractivity contribution in [2.45, 2.75) is 6.29 Å². The number of benzene rings is 10. The van der Waals surface area contributed by atoms with Crippen LogP contribution in [0.2, 0.25) is 0 Å². The van der Waals surface area contributed by atoms with Gasteiger partial charge in [-0.05, 0) is 99.8 Å². The second-order valence-electron chi connectivity index (χ2n) is 17.4. The number of nitrogens with zero attached hydrogens (tertiary/aromatic N) is 4. The van der Waals surface area contributed by atoms with Gasteiger partial charge in [-0.2, -0.15) is 0 Å². The van der Waals surface area contributed by atoms with Crippen molar-refractivity contribution in [3.05, 3.63) is 236 Å². The van der Waals surface area contributed by atoms with Gasteiger partial charge in [0.2, 0.25) is 6.29 Å². The quantitative estimate of drug-likeness (QED) is 0.181. The molecule has 6 nitrogen and oxygen atoms in total. The number of furan rings is 1. The van der Waals surface area contributed by atoms with Crippen LogP contribution in [0.1, 0.15) is 17.4 Å². The Kier molecular flexibility index (Phi) is 8.24. The number of para-hydroxylation sites is 2. The Labute approximate surface area is 385 Å². The fraction of sp³-hybridized carbons (Fsp3) is 0.0164. The van der Waals surface area contributed by atoms with Crippen LogP contribution < -0.4 is 5.32 Å². The summed E-state index contributed by atoms with van der Waals surface area (Å²) < 4.78 is 11.3. The standard InChI is InChI=1S/C61H39N5O/c1-4-16-39(17-5-1)59-62-60(40-18-6-2-7-19-40)64-61(63-59)66-51-25-13-12-23-47(51)48-37-43(29-32-52(48)66)46-24-14-26-56-58(46)50-36-42(30-34-55(50)67-56)41-28-31-53-49(35-41)57-45-22-11-10-15-38(45)27-33-54(57)65(53)44-20-8-3-9-21-44/h1-37,61H,(H,62,63,64). The molecule has 1 aliphatic heterocycles. The van der Waals surface area contributed by atoms with Crippen LogP contribution in [0, 0.1) is 0 Å². The SMILES string of the molecule is c1ccc(C2=NC(n3c4ccccc4c4cc(-c5cccc6oc7ccc(-c8ccc9c(c8)c8c%10ccccc%10ccc8n9-c8ccccc8)cc7c56)ccc43)NC(c3ccccc3)=N2)cc1. The fourth-order valence-corrected chi connectivity index (χ4v) is 10.5. The predicted octanol–water partition coefficient (Wildman–Crippen LogP) is 15.2. The average Bonchev–Trinajstić information content (AvgIpc) is 4.06. The number of rotatable bonds is 6. The van der Waals surface area contributed by atoms with E-state index in [-0.39, 0.29) is 0 Å². The second kappa shape index (κ2) is 14.8. The zero-order valence-electron chi connectivity index (χ0n) is 36.1. The van der Waals surface area contributed by atoms with Gasteiger partial charge < -0.3 is 18.9 Å². The van der Waals surface area contributed by atoms with E-state index in [9.17, 15) is 0 Å². The summed E-state index contributed by atoms with van der Waals surface area (Å²) in [5, 5.41) is 13.2. The first kappa shape index (κ1) is 37.4. The molecule has 0 aliphatic carbocycles. The normalized spacial score (nSPS) is 14.1. The highest BCUT2D eigenvalue weighted by Crippen LogP contribution is 2.43. The predicted molar refractivity (Wildman–Crippen MR) is 278 cm³/mol. The van der Waals surface area contributed by atoms with Crippen molar-refractivity contribution in [3.8, 4) is 27.9 Å². The van der Waals surface area contributed by atoms with Crippen molar-refractivity contribution < 1.29 is 4.42 Å². The molecule has 1 aliphatic rings. The largest absolute Gasteiger partial charge is 0.456 e. The van der Waals surface area contributed by atoms with Gasteiger partial charge in [0.25, 0.3) is 0 Å². The van der Waals surface area contributed by atoms with Crippen LogP contribution in [0.15, 0.2) is 239 Å². The van der Waals surface area contributed by atoms with E-state index in [1.165, 1.54) is 32.6 Å². The third kappa shape index (κ3) is 5.90. The van der Waals surface area contributed by atoms with Gasteiger partial charge in [-0.15, -0.1) is 0 Å². The van der Waals surface area contributed by atoms with E-state index < -0.39 is 6.29 Å². The van der Waals surface area contributed by atoms with Gasteiger partial charge in [0.05, 0.1) is 22.1 Å². The van der Waals surface area contributed by atoms with E-state index in [0.29, 0.717) is 5.84 Å². The molecule has 1 atom stereocenters. The van der Waals surface area contributed by atoms with Gasteiger partial charge in [0.1, 0.15) is 17.0 Å². The summed E-state index contributed by atoms with van der Waals surface area (Å²) in [5.41, 5.74) is 13.9. The smallest absolute Gasteiger partial charge is 0.204 e. The van der Waals surface area contributed by atoms with Crippen molar-refractivity contribution in [2.75, 3.05) is 0 Å². The molecule has 14 rings (SSSR count). The topological polar surface area (TPSA) is 59.8 Å². The highest BCUT2D eigenvalue weighted by Gasteiger charge is 2.25. The lowest BCUT2D eigenvalue weighted by Crippen LogP contribution is -2.36. The Morgan fingerprint density at radius 2 is 1.04 bits per heavy atom. The van der Waals surface area contributed by atoms with Gasteiger partial charge in [-0.25, -0.2) is 9.98 Å². The van der Waals surface area contributed by atoms with Crippen molar-refractivity contribution in [1.29, 1.82) is 0 Å². The summed E-state index contributed by atoms with van der Waals surface area (Å²) in [6, 6.07) is 79.8. The molecule has 3 aromatic heterocycles. The summed E-state index contributed by atoms with van der Waals surface area (Å²) in [4.78, 5) is 10.3. The fourth-order valence-electron chi connectivity index (χ4n) is 10.5. The Hall–Kier alpha value is -9.00. The molecule has 0 radical (unpaired) electrons. The van der Waals surface area contributed by atoms with Gasteiger partial charge in [0, 0.05) is 49.1 Å². The lowest BCUT2D eigenvalue weighted by Gasteiger charge is -2.25. The molecule has 0 fully saturated rings. The molecule has 13 aromatic rings. The molecule has 0 saturated heterocycles. The second-order valence-corrected chi connectivity index (χ2v) is 17.4. The van der Waals surface area contributed by atoms with Crippen LogP contribution in [-0.4, -0.2) is 20.8 Å². The van der Waals surface area contributed by atoms with E-state index in [4.69, 9.17) is 14.4 Å². The van der Waals surface area contributed by atoms with Crippen molar-refractivity contribution in [1.82, 2.24) is 14.5 Å². The lowest BCUT2D eigenvalue weighted by molar-refractivity contribution is 0.516. The van der Waals surface area contributed by atoms with Gasteiger partial charge >= 0.3 is 0 Å². The molecule has 1 unspecified atom stereocenters. The minimum Gasteiger partial charge on any atom is -0.456 e. The Balaban J connectivity index is 0.916. The maximum absolute atomic E-state index is 6.63. The van der Waals surface area contributed by atoms with E-state index >= 15 is 0 Å². The monoisotopic (exact) mass is 857 g/mol. The number of nitrogens with one attached hydrogen (secondary N) is 1. The minimum atomic E-state index is -0.441. The summed E-state index contributed by atoms with van der Waals surface area (Å²) in [5.74, 6) is 1.48. The summed E-state index contributed by atoms with van der Waals surface area (Å²) >= 11 is 0. The van der Waals surface area contributed by atoms with Crippen molar-refractivity contribution in [3.63, 3.8) is 0 Å². The zero-order valence-corrected chi connectivity index (χ0v) is 36.1. The number of hydrogen-bond donors (Lipinski definition) is 1. The summed E-state index contributed by atoms with van der Waals surface area (Å²) in [6.07, 6.45) is -0.441. The molecule has 67 heavy (non-hydrogen) atoms. The summed E-state index contributed by atoms with van der Waals surface area (Å²) in [6.45, 7) is 0. The molecule has 0 amide bonds.